The van der Waals surface area contributed by atoms with E-state index in [9.17, 15) is 9.59 Å². The quantitative estimate of drug-likeness (QED) is 0.679. The molecule has 0 spiro atoms. The first-order valence-electron chi connectivity index (χ1n) is 10.6. The molecule has 1 N–H and O–H groups in total. The lowest BCUT2D eigenvalue weighted by molar-refractivity contribution is -0.132. The normalized spacial score (nSPS) is 14.5. The molecule has 3 aromatic rings. The Kier molecular flexibility index (Phi) is 5.67. The Balaban J connectivity index is 1.34. The average Bonchev–Trinajstić information content (AvgIpc) is 3.40. The predicted molar refractivity (Wildman–Crippen MR) is 118 cm³/mol. The highest BCUT2D eigenvalue weighted by atomic mass is 16.4. The van der Waals surface area contributed by atoms with Crippen molar-refractivity contribution >= 4 is 23.0 Å². The Hall–Kier alpha value is -3.35. The van der Waals surface area contributed by atoms with Crippen molar-refractivity contribution < 1.29 is 14.0 Å². The average molecular weight is 421 g/mol. The highest BCUT2D eigenvalue weighted by Gasteiger charge is 2.24. The highest BCUT2D eigenvalue weighted by molar-refractivity contribution is 5.91. The van der Waals surface area contributed by atoms with Crippen molar-refractivity contribution in [3.63, 3.8) is 0 Å². The minimum Gasteiger partial charge on any atom is -0.451 e. The van der Waals surface area contributed by atoms with Gasteiger partial charge in [0.15, 0.2) is 5.76 Å². The van der Waals surface area contributed by atoms with Gasteiger partial charge in [-0.15, -0.1) is 0 Å². The highest BCUT2D eigenvalue weighted by Crippen LogP contribution is 2.26. The number of carbonyl (C=O) groups is 2. The summed E-state index contributed by atoms with van der Waals surface area (Å²) in [6.07, 6.45) is 8.80. The van der Waals surface area contributed by atoms with E-state index in [1.807, 2.05) is 46.0 Å². The van der Waals surface area contributed by atoms with Gasteiger partial charge in [-0.05, 0) is 47.2 Å². The molecule has 0 atom stereocenters. The third-order valence-electron chi connectivity index (χ3n) is 5.31. The van der Waals surface area contributed by atoms with Crippen molar-refractivity contribution in [1.29, 1.82) is 0 Å². The summed E-state index contributed by atoms with van der Waals surface area (Å²) in [4.78, 5) is 31.0. The van der Waals surface area contributed by atoms with Crippen molar-refractivity contribution in [2.24, 2.45) is 5.41 Å². The molecule has 3 aromatic heterocycles. The maximum Gasteiger partial charge on any atom is 0.287 e. The van der Waals surface area contributed by atoms with E-state index >= 15 is 0 Å². The van der Waals surface area contributed by atoms with Crippen LogP contribution in [0.3, 0.4) is 0 Å². The summed E-state index contributed by atoms with van der Waals surface area (Å²) in [7, 11) is 0. The molecule has 0 unspecified atom stereocenters. The number of rotatable bonds is 5. The van der Waals surface area contributed by atoms with E-state index < -0.39 is 0 Å². The molecule has 0 radical (unpaired) electrons. The first-order valence-corrected chi connectivity index (χ1v) is 10.6. The van der Waals surface area contributed by atoms with E-state index in [4.69, 9.17) is 4.42 Å². The van der Waals surface area contributed by atoms with Gasteiger partial charge in [-0.25, -0.2) is 4.98 Å². The minimum atomic E-state index is -0.257. The molecule has 31 heavy (non-hydrogen) atoms. The van der Waals surface area contributed by atoms with Crippen LogP contribution in [0.25, 0.3) is 11.2 Å². The van der Waals surface area contributed by atoms with Crippen molar-refractivity contribution in [2.75, 3.05) is 13.1 Å². The summed E-state index contributed by atoms with van der Waals surface area (Å²) in [5.74, 6) is 0.889. The van der Waals surface area contributed by atoms with Crippen LogP contribution in [0.4, 0.5) is 0 Å². The summed E-state index contributed by atoms with van der Waals surface area (Å²) in [5, 5.41) is 2.89. The van der Waals surface area contributed by atoms with Crippen LogP contribution in [0.1, 0.15) is 55.5 Å². The van der Waals surface area contributed by atoms with E-state index in [1.54, 1.807) is 12.3 Å². The SMILES string of the molecule is CC(C)(C)CC(=O)N1CC=C(c2ccc(C(=O)NCc3ccn4ccnc4c3)o2)CC1. The fourth-order valence-corrected chi connectivity index (χ4v) is 3.65. The van der Waals surface area contributed by atoms with Crippen LogP contribution >= 0.6 is 0 Å². The molecule has 7 heteroatoms. The molecule has 1 aliphatic heterocycles. The zero-order valence-corrected chi connectivity index (χ0v) is 18.2. The first kappa shape index (κ1) is 20.9. The maximum absolute atomic E-state index is 12.5. The molecule has 0 saturated heterocycles. The van der Waals surface area contributed by atoms with Gasteiger partial charge in [-0.1, -0.05) is 26.8 Å². The van der Waals surface area contributed by atoms with Crippen molar-refractivity contribution in [2.45, 2.75) is 40.2 Å². The molecule has 4 rings (SSSR count). The van der Waals surface area contributed by atoms with Crippen molar-refractivity contribution in [3.8, 4) is 0 Å². The van der Waals surface area contributed by atoms with Crippen LogP contribution in [-0.2, 0) is 11.3 Å². The number of furan rings is 1. The topological polar surface area (TPSA) is 79.9 Å². The third-order valence-corrected chi connectivity index (χ3v) is 5.31. The van der Waals surface area contributed by atoms with Gasteiger partial charge < -0.3 is 19.0 Å². The zero-order valence-electron chi connectivity index (χ0n) is 18.2. The van der Waals surface area contributed by atoms with Gasteiger partial charge in [0.05, 0.1) is 0 Å². The van der Waals surface area contributed by atoms with Gasteiger partial charge in [0.1, 0.15) is 11.4 Å². The number of fused-ring (bicyclic) bond motifs is 1. The lowest BCUT2D eigenvalue weighted by Crippen LogP contribution is -2.36. The molecule has 0 aliphatic carbocycles. The molecule has 0 saturated carbocycles. The van der Waals surface area contributed by atoms with Crippen LogP contribution in [0.15, 0.2) is 53.3 Å². The van der Waals surface area contributed by atoms with Gasteiger partial charge >= 0.3 is 0 Å². The Morgan fingerprint density at radius 1 is 1.19 bits per heavy atom. The molecule has 1 aliphatic rings. The summed E-state index contributed by atoms with van der Waals surface area (Å²) in [6.45, 7) is 7.85. The molecule has 0 bridgehead atoms. The van der Waals surface area contributed by atoms with Crippen LogP contribution in [0.2, 0.25) is 0 Å². The lowest BCUT2D eigenvalue weighted by Gasteiger charge is -2.29. The molecule has 162 valence electrons. The molecular weight excluding hydrogens is 392 g/mol. The fourth-order valence-electron chi connectivity index (χ4n) is 3.65. The smallest absolute Gasteiger partial charge is 0.287 e. The Labute approximate surface area is 181 Å². The van der Waals surface area contributed by atoms with E-state index in [-0.39, 0.29) is 23.0 Å². The van der Waals surface area contributed by atoms with Crippen molar-refractivity contribution in [3.05, 3.63) is 66.0 Å². The Morgan fingerprint density at radius 2 is 2.03 bits per heavy atom. The number of nitrogens with zero attached hydrogens (tertiary/aromatic N) is 3. The molecular formula is C24H28N4O3. The van der Waals surface area contributed by atoms with Gasteiger partial charge in [-0.3, -0.25) is 9.59 Å². The van der Waals surface area contributed by atoms with Gasteiger partial charge in [-0.2, -0.15) is 0 Å². The molecule has 0 fully saturated rings. The molecule has 4 heterocycles. The second-order valence-corrected chi connectivity index (χ2v) is 9.13. The number of carbonyl (C=O) groups excluding carboxylic acids is 2. The largest absolute Gasteiger partial charge is 0.451 e. The first-order chi connectivity index (χ1) is 14.8. The maximum atomic E-state index is 12.5. The number of pyridine rings is 1. The van der Waals surface area contributed by atoms with E-state index in [0.717, 1.165) is 23.2 Å². The summed E-state index contributed by atoms with van der Waals surface area (Å²) >= 11 is 0. The van der Waals surface area contributed by atoms with Crippen LogP contribution in [0, 0.1) is 5.41 Å². The van der Waals surface area contributed by atoms with E-state index in [2.05, 4.69) is 31.1 Å². The third kappa shape index (κ3) is 5.05. The second-order valence-electron chi connectivity index (χ2n) is 9.13. The van der Waals surface area contributed by atoms with Crippen LogP contribution in [0.5, 0.6) is 0 Å². The molecule has 2 amide bonds. The van der Waals surface area contributed by atoms with E-state index in [1.165, 1.54) is 0 Å². The Morgan fingerprint density at radius 3 is 2.77 bits per heavy atom. The van der Waals surface area contributed by atoms with Gasteiger partial charge in [0.25, 0.3) is 5.91 Å². The van der Waals surface area contributed by atoms with Crippen LogP contribution < -0.4 is 5.32 Å². The second kappa shape index (κ2) is 8.41. The van der Waals surface area contributed by atoms with Gasteiger partial charge in [0.2, 0.25) is 5.91 Å². The number of aromatic nitrogens is 2. The predicted octanol–water partition coefficient (Wildman–Crippen LogP) is 3.91. The minimum absolute atomic E-state index is 0.0192. The lowest BCUT2D eigenvalue weighted by atomic mass is 9.91. The van der Waals surface area contributed by atoms with Gasteiger partial charge in [0, 0.05) is 44.6 Å². The standard InChI is InChI=1S/C24H28N4O3/c1-24(2,3)15-22(29)28-11-7-18(8-12-28)19-4-5-20(31-19)23(30)26-16-17-6-10-27-13-9-25-21(27)14-17/h4-7,9-10,13-14H,8,11-12,15-16H2,1-3H3,(H,26,30). The number of imidazole rings is 1. The summed E-state index contributed by atoms with van der Waals surface area (Å²) in [6, 6.07) is 7.40. The fraction of sp³-hybridized carbons (Fsp3) is 0.375. The number of nitrogens with one attached hydrogen (secondary N) is 1. The zero-order chi connectivity index (χ0) is 22.0. The number of hydrogen-bond acceptors (Lipinski definition) is 4. The number of amides is 2. The summed E-state index contributed by atoms with van der Waals surface area (Å²) < 4.78 is 7.72. The number of hydrogen-bond donors (Lipinski definition) is 1. The monoisotopic (exact) mass is 420 g/mol. The van der Waals surface area contributed by atoms with Crippen molar-refractivity contribution in [1.82, 2.24) is 19.6 Å². The molecule has 7 nitrogen and oxygen atoms in total. The molecule has 0 aromatic carbocycles. The van der Waals surface area contributed by atoms with E-state index in [0.29, 0.717) is 31.8 Å². The van der Waals surface area contributed by atoms with Crippen LogP contribution in [-0.4, -0.2) is 39.2 Å². The summed E-state index contributed by atoms with van der Waals surface area (Å²) in [5.41, 5.74) is 2.82. The Bertz CT molecular complexity index is 1130.